The van der Waals surface area contributed by atoms with Gasteiger partial charge in [-0.05, 0) is 25.3 Å². The van der Waals surface area contributed by atoms with Gasteiger partial charge in [0.1, 0.15) is 6.29 Å². The lowest BCUT2D eigenvalue weighted by Crippen LogP contribution is -1.86. The summed E-state index contributed by atoms with van der Waals surface area (Å²) in [6.45, 7) is 6.07. The molecule has 0 saturated heterocycles. The number of rotatable bonds is 3. The largest absolute Gasteiger partial charge is 0.298 e. The highest BCUT2D eigenvalue weighted by atomic mass is 16.1. The number of hydrogen-bond acceptors (Lipinski definition) is 1. The fourth-order valence-electron chi connectivity index (χ4n) is 0.713. The quantitative estimate of drug-likeness (QED) is 0.419. The van der Waals surface area contributed by atoms with E-state index in [0.29, 0.717) is 0 Å². The van der Waals surface area contributed by atoms with Crippen molar-refractivity contribution in [3.8, 4) is 0 Å². The normalized spacial score (nSPS) is 12.8. The van der Waals surface area contributed by atoms with Gasteiger partial charge in [-0.3, -0.25) is 4.79 Å². The van der Waals surface area contributed by atoms with Crippen molar-refractivity contribution in [1.29, 1.82) is 0 Å². The Labute approximate surface area is 56.8 Å². The minimum Gasteiger partial charge on any atom is -0.298 e. The number of carbonyl (C=O) groups is 1. The molecule has 0 radical (unpaired) electrons. The highest BCUT2D eigenvalue weighted by Gasteiger charge is 1.94. The maximum absolute atomic E-state index is 10.3. The van der Waals surface area contributed by atoms with Crippen molar-refractivity contribution in [2.24, 2.45) is 0 Å². The molecule has 0 rings (SSSR count). The Bertz CT molecular complexity index is 123. The van der Waals surface area contributed by atoms with Gasteiger partial charge in [-0.2, -0.15) is 0 Å². The van der Waals surface area contributed by atoms with E-state index < -0.39 is 0 Å². The zero-order valence-electron chi connectivity index (χ0n) is 6.40. The van der Waals surface area contributed by atoms with Gasteiger partial charge in [0, 0.05) is 0 Å². The molecule has 0 atom stereocenters. The van der Waals surface area contributed by atoms with Crippen LogP contribution in [0.15, 0.2) is 11.1 Å². The van der Waals surface area contributed by atoms with Crippen LogP contribution in [0.2, 0.25) is 0 Å². The third kappa shape index (κ3) is 2.45. The highest BCUT2D eigenvalue weighted by Crippen LogP contribution is 2.07. The Morgan fingerprint density at radius 2 is 1.89 bits per heavy atom. The zero-order chi connectivity index (χ0) is 7.28. The van der Waals surface area contributed by atoms with Crippen LogP contribution in [-0.2, 0) is 4.79 Å². The summed E-state index contributed by atoms with van der Waals surface area (Å²) in [6, 6.07) is 0. The van der Waals surface area contributed by atoms with Gasteiger partial charge in [0.25, 0.3) is 0 Å². The first-order valence-corrected chi connectivity index (χ1v) is 3.40. The maximum atomic E-state index is 10.3. The molecule has 1 heteroatoms. The molecule has 0 bridgehead atoms. The standard InChI is InChI=1S/C8H14O/c1-4-7(3)8(5-2)6-9/h6H,4-5H2,1-3H3/b8-7-. The van der Waals surface area contributed by atoms with Crippen molar-refractivity contribution in [2.75, 3.05) is 0 Å². The van der Waals surface area contributed by atoms with Crippen molar-refractivity contribution in [3.63, 3.8) is 0 Å². The van der Waals surface area contributed by atoms with E-state index in [4.69, 9.17) is 0 Å². The number of hydrogen-bond donors (Lipinski definition) is 0. The van der Waals surface area contributed by atoms with Crippen LogP contribution in [0.4, 0.5) is 0 Å². The predicted octanol–water partition coefficient (Wildman–Crippen LogP) is 2.32. The van der Waals surface area contributed by atoms with Gasteiger partial charge >= 0.3 is 0 Å². The van der Waals surface area contributed by atoms with Crippen molar-refractivity contribution < 1.29 is 4.79 Å². The average molecular weight is 126 g/mol. The van der Waals surface area contributed by atoms with E-state index in [1.165, 1.54) is 5.57 Å². The molecule has 0 saturated carbocycles. The molecule has 0 aromatic heterocycles. The molecule has 0 aliphatic rings. The van der Waals surface area contributed by atoms with Gasteiger partial charge in [-0.25, -0.2) is 0 Å². The van der Waals surface area contributed by atoms with Crippen LogP contribution in [0, 0.1) is 0 Å². The molecule has 0 spiro atoms. The van der Waals surface area contributed by atoms with E-state index in [1.54, 1.807) is 0 Å². The molecule has 0 aromatic carbocycles. The zero-order valence-corrected chi connectivity index (χ0v) is 6.40. The molecule has 0 aliphatic carbocycles. The topological polar surface area (TPSA) is 17.1 Å². The second-order valence-electron chi connectivity index (χ2n) is 2.13. The summed E-state index contributed by atoms with van der Waals surface area (Å²) in [6.07, 6.45) is 2.81. The minimum atomic E-state index is 0.864. The Hall–Kier alpha value is -0.590. The van der Waals surface area contributed by atoms with Gasteiger partial charge in [-0.1, -0.05) is 19.4 Å². The molecule has 0 N–H and O–H groups in total. The molecule has 0 heterocycles. The fraction of sp³-hybridized carbons (Fsp3) is 0.625. The van der Waals surface area contributed by atoms with E-state index in [9.17, 15) is 4.79 Å². The van der Waals surface area contributed by atoms with E-state index >= 15 is 0 Å². The van der Waals surface area contributed by atoms with Crippen molar-refractivity contribution in [1.82, 2.24) is 0 Å². The molecule has 52 valence electrons. The molecule has 0 aliphatic heterocycles. The highest BCUT2D eigenvalue weighted by molar-refractivity contribution is 5.74. The Morgan fingerprint density at radius 1 is 1.33 bits per heavy atom. The van der Waals surface area contributed by atoms with Gasteiger partial charge in [0.05, 0.1) is 0 Å². The van der Waals surface area contributed by atoms with Crippen molar-refractivity contribution in [2.45, 2.75) is 33.6 Å². The summed E-state index contributed by atoms with van der Waals surface area (Å²) in [5.74, 6) is 0. The van der Waals surface area contributed by atoms with Crippen molar-refractivity contribution in [3.05, 3.63) is 11.1 Å². The molecule has 0 unspecified atom stereocenters. The number of aldehydes is 1. The van der Waals surface area contributed by atoms with Gasteiger partial charge in [-0.15, -0.1) is 0 Å². The third-order valence-electron chi connectivity index (χ3n) is 1.60. The first kappa shape index (κ1) is 8.41. The molecule has 1 nitrogen and oxygen atoms in total. The lowest BCUT2D eigenvalue weighted by molar-refractivity contribution is -0.105. The second kappa shape index (κ2) is 4.30. The lowest BCUT2D eigenvalue weighted by Gasteiger charge is -1.98. The predicted molar refractivity (Wildman–Crippen MR) is 39.3 cm³/mol. The Balaban J connectivity index is 4.18. The van der Waals surface area contributed by atoms with Crippen LogP contribution < -0.4 is 0 Å². The summed E-state index contributed by atoms with van der Waals surface area (Å²) < 4.78 is 0. The maximum Gasteiger partial charge on any atom is 0.145 e. The van der Waals surface area contributed by atoms with E-state index in [1.807, 2.05) is 13.8 Å². The smallest absolute Gasteiger partial charge is 0.145 e. The first-order valence-electron chi connectivity index (χ1n) is 3.40. The summed E-state index contributed by atoms with van der Waals surface area (Å²) >= 11 is 0. The SMILES string of the molecule is CC/C(C)=C(\C=O)CC. The van der Waals surface area contributed by atoms with E-state index in [2.05, 4.69) is 6.92 Å². The first-order chi connectivity index (χ1) is 4.26. The molecular weight excluding hydrogens is 112 g/mol. The second-order valence-corrected chi connectivity index (χ2v) is 2.13. The Kier molecular flexibility index (Phi) is 4.02. The molecule has 0 aromatic rings. The van der Waals surface area contributed by atoms with Crippen LogP contribution in [-0.4, -0.2) is 6.29 Å². The lowest BCUT2D eigenvalue weighted by atomic mass is 10.1. The van der Waals surface area contributed by atoms with E-state index in [-0.39, 0.29) is 0 Å². The van der Waals surface area contributed by atoms with Gasteiger partial charge in [0.2, 0.25) is 0 Å². The number of allylic oxidation sites excluding steroid dienone is 2. The van der Waals surface area contributed by atoms with Crippen LogP contribution in [0.25, 0.3) is 0 Å². The molecular formula is C8H14O. The summed E-state index contributed by atoms with van der Waals surface area (Å²) in [4.78, 5) is 10.3. The minimum absolute atomic E-state index is 0.864. The van der Waals surface area contributed by atoms with Crippen LogP contribution in [0.5, 0.6) is 0 Å². The molecule has 0 fully saturated rings. The average Bonchev–Trinajstić information content (AvgIpc) is 1.90. The summed E-state index contributed by atoms with van der Waals surface area (Å²) in [5, 5.41) is 0. The third-order valence-corrected chi connectivity index (χ3v) is 1.60. The van der Waals surface area contributed by atoms with Gasteiger partial charge in [0.15, 0.2) is 0 Å². The monoisotopic (exact) mass is 126 g/mol. The van der Waals surface area contributed by atoms with Crippen LogP contribution >= 0.6 is 0 Å². The molecule has 0 amide bonds. The Morgan fingerprint density at radius 3 is 2.00 bits per heavy atom. The van der Waals surface area contributed by atoms with Crippen molar-refractivity contribution >= 4 is 6.29 Å². The van der Waals surface area contributed by atoms with Gasteiger partial charge < -0.3 is 0 Å². The van der Waals surface area contributed by atoms with E-state index in [0.717, 1.165) is 24.7 Å². The summed E-state index contributed by atoms with van der Waals surface area (Å²) in [7, 11) is 0. The fourth-order valence-corrected chi connectivity index (χ4v) is 0.713. The molecule has 9 heavy (non-hydrogen) atoms. The van der Waals surface area contributed by atoms with Crippen LogP contribution in [0.3, 0.4) is 0 Å². The van der Waals surface area contributed by atoms with Crippen LogP contribution in [0.1, 0.15) is 33.6 Å². The number of carbonyl (C=O) groups excluding carboxylic acids is 1. The summed E-state index contributed by atoms with van der Waals surface area (Å²) in [5.41, 5.74) is 2.17.